The molecule has 0 saturated heterocycles. The fraction of sp³-hybridized carbons (Fsp3) is 0.733. The highest BCUT2D eigenvalue weighted by Gasteiger charge is 2.40. The Labute approximate surface area is 127 Å². The second-order valence-electron chi connectivity index (χ2n) is 6.03. The smallest absolute Gasteiger partial charge is 0.158 e. The standard InChI is InChI=1S/C15H27N5O/c1-5-21-10-13-17-12(16)9-14(18-13)20(4)11-15(19(2)3)7-6-8-15/h9H,5-8,10-11H2,1-4H3,(H2,16,17,18). The summed E-state index contributed by atoms with van der Waals surface area (Å²) in [6.45, 7) is 3.95. The molecule has 1 aliphatic rings. The SMILES string of the molecule is CCOCc1nc(N)cc(N(C)CC2(N(C)C)CCC2)n1. The number of nitrogen functional groups attached to an aromatic ring is 1. The van der Waals surface area contributed by atoms with E-state index in [2.05, 4.69) is 40.9 Å². The summed E-state index contributed by atoms with van der Waals surface area (Å²) in [5.74, 6) is 2.01. The van der Waals surface area contributed by atoms with Crippen LogP contribution in [0.1, 0.15) is 32.0 Å². The van der Waals surface area contributed by atoms with Gasteiger partial charge in [0.15, 0.2) is 5.82 Å². The number of hydrogen-bond donors (Lipinski definition) is 1. The van der Waals surface area contributed by atoms with Crippen LogP contribution in [0.15, 0.2) is 6.07 Å². The van der Waals surface area contributed by atoms with Gasteiger partial charge >= 0.3 is 0 Å². The van der Waals surface area contributed by atoms with E-state index in [0.717, 1.165) is 12.4 Å². The number of anilines is 2. The highest BCUT2D eigenvalue weighted by Crippen LogP contribution is 2.37. The molecule has 0 amide bonds. The number of nitrogens with zero attached hydrogens (tertiary/aromatic N) is 4. The summed E-state index contributed by atoms with van der Waals surface area (Å²) in [4.78, 5) is 13.3. The van der Waals surface area contributed by atoms with Gasteiger partial charge in [0.2, 0.25) is 0 Å². The van der Waals surface area contributed by atoms with Gasteiger partial charge in [-0.05, 0) is 40.3 Å². The number of likely N-dealkylation sites (N-methyl/N-ethyl adjacent to an activating group) is 2. The molecule has 6 nitrogen and oxygen atoms in total. The van der Waals surface area contributed by atoms with Gasteiger partial charge in [-0.1, -0.05) is 0 Å². The molecular formula is C15H27N5O. The topological polar surface area (TPSA) is 67.5 Å². The molecule has 6 heteroatoms. The van der Waals surface area contributed by atoms with E-state index in [9.17, 15) is 0 Å². The third-order valence-electron chi connectivity index (χ3n) is 4.37. The fourth-order valence-corrected chi connectivity index (χ4v) is 2.81. The van der Waals surface area contributed by atoms with Crippen LogP contribution >= 0.6 is 0 Å². The van der Waals surface area contributed by atoms with E-state index in [1.807, 2.05) is 13.0 Å². The maximum absolute atomic E-state index is 5.90. The summed E-state index contributed by atoms with van der Waals surface area (Å²) in [5, 5.41) is 0. The second-order valence-corrected chi connectivity index (χ2v) is 6.03. The molecule has 118 valence electrons. The Bertz CT molecular complexity index is 473. The maximum atomic E-state index is 5.90. The van der Waals surface area contributed by atoms with E-state index in [1.54, 1.807) is 0 Å². The van der Waals surface area contributed by atoms with Crippen molar-refractivity contribution >= 4 is 11.6 Å². The van der Waals surface area contributed by atoms with E-state index < -0.39 is 0 Å². The Kier molecular flexibility index (Phi) is 5.00. The van der Waals surface area contributed by atoms with Crippen molar-refractivity contribution in [3.8, 4) is 0 Å². The molecule has 0 aromatic carbocycles. The van der Waals surface area contributed by atoms with Gasteiger partial charge in [-0.15, -0.1) is 0 Å². The Morgan fingerprint density at radius 2 is 2.00 bits per heavy atom. The average molecular weight is 293 g/mol. The van der Waals surface area contributed by atoms with Crippen LogP contribution in [0.2, 0.25) is 0 Å². The van der Waals surface area contributed by atoms with E-state index in [1.165, 1.54) is 19.3 Å². The minimum Gasteiger partial charge on any atom is -0.384 e. The Morgan fingerprint density at radius 3 is 2.52 bits per heavy atom. The Balaban J connectivity index is 2.11. The second kappa shape index (κ2) is 6.58. The zero-order valence-electron chi connectivity index (χ0n) is 13.6. The van der Waals surface area contributed by atoms with E-state index in [4.69, 9.17) is 10.5 Å². The van der Waals surface area contributed by atoms with Gasteiger partial charge in [0, 0.05) is 31.8 Å². The van der Waals surface area contributed by atoms with Crippen LogP contribution in [0.3, 0.4) is 0 Å². The van der Waals surface area contributed by atoms with Crippen molar-refractivity contribution in [1.29, 1.82) is 0 Å². The minimum absolute atomic E-state index is 0.258. The predicted octanol–water partition coefficient (Wildman–Crippen LogP) is 1.52. The zero-order chi connectivity index (χ0) is 15.5. The van der Waals surface area contributed by atoms with E-state index in [0.29, 0.717) is 24.9 Å². The lowest BCUT2D eigenvalue weighted by molar-refractivity contribution is 0.0681. The largest absolute Gasteiger partial charge is 0.384 e. The van der Waals surface area contributed by atoms with E-state index in [-0.39, 0.29) is 5.54 Å². The third kappa shape index (κ3) is 3.63. The lowest BCUT2D eigenvalue weighted by Crippen LogP contribution is -2.56. The van der Waals surface area contributed by atoms with Crippen LogP contribution in [0.25, 0.3) is 0 Å². The first-order chi connectivity index (χ1) is 9.97. The first-order valence-electron chi connectivity index (χ1n) is 7.56. The molecule has 1 saturated carbocycles. The first-order valence-corrected chi connectivity index (χ1v) is 7.56. The minimum atomic E-state index is 0.258. The van der Waals surface area contributed by atoms with Crippen LogP contribution in [0.5, 0.6) is 0 Å². The van der Waals surface area contributed by atoms with Gasteiger partial charge in [0.25, 0.3) is 0 Å². The molecule has 2 N–H and O–H groups in total. The Morgan fingerprint density at radius 1 is 1.29 bits per heavy atom. The van der Waals surface area contributed by atoms with Crippen molar-refractivity contribution in [2.75, 3.05) is 44.9 Å². The van der Waals surface area contributed by atoms with Gasteiger partial charge in [0.05, 0.1) is 0 Å². The molecule has 1 aliphatic carbocycles. The van der Waals surface area contributed by atoms with Gasteiger partial charge in [-0.2, -0.15) is 0 Å². The molecule has 0 unspecified atom stereocenters. The van der Waals surface area contributed by atoms with Gasteiger partial charge < -0.3 is 20.3 Å². The number of hydrogen-bond acceptors (Lipinski definition) is 6. The molecule has 1 heterocycles. The quantitative estimate of drug-likeness (QED) is 0.822. The molecule has 21 heavy (non-hydrogen) atoms. The lowest BCUT2D eigenvalue weighted by Gasteiger charge is -2.49. The van der Waals surface area contributed by atoms with Gasteiger partial charge in [-0.25, -0.2) is 9.97 Å². The monoisotopic (exact) mass is 293 g/mol. The maximum Gasteiger partial charge on any atom is 0.158 e. The molecular weight excluding hydrogens is 266 g/mol. The van der Waals surface area contributed by atoms with Crippen molar-refractivity contribution in [3.63, 3.8) is 0 Å². The fourth-order valence-electron chi connectivity index (χ4n) is 2.81. The summed E-state index contributed by atoms with van der Waals surface area (Å²) < 4.78 is 5.37. The molecule has 0 radical (unpaired) electrons. The Hall–Kier alpha value is -1.40. The zero-order valence-corrected chi connectivity index (χ0v) is 13.6. The lowest BCUT2D eigenvalue weighted by atomic mass is 9.75. The number of rotatable bonds is 7. The van der Waals surface area contributed by atoms with Crippen LogP contribution < -0.4 is 10.6 Å². The normalized spacial score (nSPS) is 16.8. The highest BCUT2D eigenvalue weighted by molar-refractivity contribution is 5.47. The van der Waals surface area contributed by atoms with Crippen LogP contribution in [0, 0.1) is 0 Å². The first kappa shape index (κ1) is 16.0. The summed E-state index contributed by atoms with van der Waals surface area (Å²) in [6.07, 6.45) is 3.76. The summed E-state index contributed by atoms with van der Waals surface area (Å²) >= 11 is 0. The number of nitrogens with two attached hydrogens (primary N) is 1. The molecule has 1 aromatic heterocycles. The highest BCUT2D eigenvalue weighted by atomic mass is 16.5. The molecule has 1 fully saturated rings. The van der Waals surface area contributed by atoms with Crippen molar-refractivity contribution in [2.45, 2.75) is 38.3 Å². The molecule has 0 aliphatic heterocycles. The number of ether oxygens (including phenoxy) is 1. The van der Waals surface area contributed by atoms with Crippen LogP contribution in [-0.2, 0) is 11.3 Å². The molecule has 0 spiro atoms. The summed E-state index contributed by atoms with van der Waals surface area (Å²) in [6, 6.07) is 1.83. The van der Waals surface area contributed by atoms with Crippen molar-refractivity contribution in [3.05, 3.63) is 11.9 Å². The van der Waals surface area contributed by atoms with Crippen molar-refractivity contribution < 1.29 is 4.74 Å². The molecule has 1 aromatic rings. The summed E-state index contributed by atoms with van der Waals surface area (Å²) in [7, 11) is 6.37. The van der Waals surface area contributed by atoms with Crippen LogP contribution in [-0.4, -0.2) is 54.7 Å². The van der Waals surface area contributed by atoms with Gasteiger partial charge in [0.1, 0.15) is 18.2 Å². The predicted molar refractivity (Wildman–Crippen MR) is 85.3 cm³/mol. The molecule has 0 bridgehead atoms. The molecule has 2 rings (SSSR count). The number of aromatic nitrogens is 2. The third-order valence-corrected chi connectivity index (χ3v) is 4.37. The molecule has 0 atom stereocenters. The van der Waals surface area contributed by atoms with E-state index >= 15 is 0 Å². The van der Waals surface area contributed by atoms with Crippen LogP contribution in [0.4, 0.5) is 11.6 Å². The van der Waals surface area contributed by atoms with Crippen molar-refractivity contribution in [1.82, 2.24) is 14.9 Å². The van der Waals surface area contributed by atoms with Gasteiger partial charge in [-0.3, -0.25) is 0 Å². The summed E-state index contributed by atoms with van der Waals surface area (Å²) in [5.41, 5.74) is 6.15. The van der Waals surface area contributed by atoms with Crippen molar-refractivity contribution in [2.24, 2.45) is 0 Å². The average Bonchev–Trinajstić information content (AvgIpc) is 2.39.